The van der Waals surface area contributed by atoms with Crippen LogP contribution >= 0.6 is 0 Å². The Labute approximate surface area is 108 Å². The molecule has 1 aliphatic carbocycles. The molecule has 3 nitrogen and oxygen atoms in total. The van der Waals surface area contributed by atoms with E-state index in [2.05, 4.69) is 11.9 Å². The molecule has 0 aromatic heterocycles. The number of benzene rings is 1. The van der Waals surface area contributed by atoms with Crippen LogP contribution in [0.4, 0.5) is 0 Å². The first-order valence-electron chi connectivity index (χ1n) is 6.90. The second kappa shape index (κ2) is 4.81. The van der Waals surface area contributed by atoms with Crippen LogP contribution in [-0.4, -0.2) is 30.2 Å². The molecule has 0 radical (unpaired) electrons. The molecule has 1 N–H and O–H groups in total. The normalized spacial score (nSPS) is 23.3. The zero-order valence-corrected chi connectivity index (χ0v) is 10.9. The van der Waals surface area contributed by atoms with Gasteiger partial charge in [0, 0.05) is 18.2 Å². The summed E-state index contributed by atoms with van der Waals surface area (Å²) < 4.78 is 5.68. The number of ether oxygens (including phenoxy) is 1. The third-order valence-corrected chi connectivity index (χ3v) is 4.31. The Hall–Kier alpha value is -1.22. The van der Waals surface area contributed by atoms with Gasteiger partial charge in [-0.25, -0.2) is 0 Å². The van der Waals surface area contributed by atoms with E-state index in [0.717, 1.165) is 18.2 Å². The predicted molar refractivity (Wildman–Crippen MR) is 70.9 cm³/mol. The quantitative estimate of drug-likeness (QED) is 0.891. The molecule has 0 bridgehead atoms. The van der Waals surface area contributed by atoms with Gasteiger partial charge in [0.25, 0.3) is 0 Å². The van der Waals surface area contributed by atoms with Crippen molar-refractivity contribution in [2.24, 2.45) is 5.92 Å². The molecule has 1 saturated carbocycles. The Bertz CT molecular complexity index is 427. The monoisotopic (exact) mass is 247 g/mol. The van der Waals surface area contributed by atoms with Gasteiger partial charge in [-0.1, -0.05) is 12.8 Å². The first-order chi connectivity index (χ1) is 8.74. The highest BCUT2D eigenvalue weighted by atomic mass is 16.5. The zero-order chi connectivity index (χ0) is 12.5. The molecule has 1 heterocycles. The molecule has 0 spiro atoms. The third kappa shape index (κ3) is 2.19. The van der Waals surface area contributed by atoms with Gasteiger partial charge in [0.05, 0.1) is 6.04 Å². The fourth-order valence-corrected chi connectivity index (χ4v) is 3.27. The molecule has 1 atom stereocenters. The Kier molecular flexibility index (Phi) is 3.16. The van der Waals surface area contributed by atoms with Crippen LogP contribution in [-0.2, 0) is 0 Å². The van der Waals surface area contributed by atoms with E-state index < -0.39 is 0 Å². The lowest BCUT2D eigenvalue weighted by Gasteiger charge is -2.26. The molecule has 1 aliphatic heterocycles. The predicted octanol–water partition coefficient (Wildman–Crippen LogP) is 2.95. The van der Waals surface area contributed by atoms with Crippen molar-refractivity contribution in [2.45, 2.75) is 31.7 Å². The maximum atomic E-state index is 9.46. The van der Waals surface area contributed by atoms with E-state index in [-0.39, 0.29) is 5.75 Å². The first-order valence-corrected chi connectivity index (χ1v) is 6.90. The van der Waals surface area contributed by atoms with Gasteiger partial charge < -0.3 is 9.84 Å². The molecule has 2 aliphatic rings. The van der Waals surface area contributed by atoms with Gasteiger partial charge in [0.1, 0.15) is 18.1 Å². The number of fused-ring (bicyclic) bond motifs is 1. The topological polar surface area (TPSA) is 32.7 Å². The van der Waals surface area contributed by atoms with Gasteiger partial charge in [0.15, 0.2) is 0 Å². The molecule has 1 aromatic rings. The molecule has 1 unspecified atom stereocenters. The Morgan fingerprint density at radius 2 is 2.11 bits per heavy atom. The van der Waals surface area contributed by atoms with Crippen molar-refractivity contribution in [3.63, 3.8) is 0 Å². The minimum atomic E-state index is 0.285. The Morgan fingerprint density at radius 3 is 2.89 bits per heavy atom. The third-order valence-electron chi connectivity index (χ3n) is 4.31. The SMILES string of the molecule is CN(CC1CCCC1)C1COc2cc(O)ccc21. The van der Waals surface area contributed by atoms with Crippen molar-refractivity contribution in [3.05, 3.63) is 23.8 Å². The fourth-order valence-electron chi connectivity index (χ4n) is 3.27. The molecule has 0 amide bonds. The maximum Gasteiger partial charge on any atom is 0.127 e. The summed E-state index contributed by atoms with van der Waals surface area (Å²) in [5, 5.41) is 9.46. The van der Waals surface area contributed by atoms with Gasteiger partial charge in [-0.05, 0) is 37.9 Å². The summed E-state index contributed by atoms with van der Waals surface area (Å²) in [6.07, 6.45) is 5.54. The summed E-state index contributed by atoms with van der Waals surface area (Å²) in [6.45, 7) is 1.87. The second-order valence-corrected chi connectivity index (χ2v) is 5.64. The number of likely N-dealkylation sites (N-methyl/N-ethyl adjacent to an activating group) is 1. The average Bonchev–Trinajstić information content (AvgIpc) is 2.97. The van der Waals surface area contributed by atoms with Crippen LogP contribution in [0.5, 0.6) is 11.5 Å². The van der Waals surface area contributed by atoms with Crippen molar-refractivity contribution in [1.82, 2.24) is 4.90 Å². The van der Waals surface area contributed by atoms with E-state index in [1.165, 1.54) is 31.2 Å². The van der Waals surface area contributed by atoms with Crippen molar-refractivity contribution in [2.75, 3.05) is 20.2 Å². The number of hydrogen-bond acceptors (Lipinski definition) is 3. The van der Waals surface area contributed by atoms with Gasteiger partial charge in [-0.2, -0.15) is 0 Å². The number of nitrogens with zero attached hydrogens (tertiary/aromatic N) is 1. The van der Waals surface area contributed by atoms with Crippen LogP contribution in [0.25, 0.3) is 0 Å². The van der Waals surface area contributed by atoms with Gasteiger partial charge in [-0.15, -0.1) is 0 Å². The molecule has 3 rings (SSSR count). The van der Waals surface area contributed by atoms with E-state index in [1.54, 1.807) is 12.1 Å². The summed E-state index contributed by atoms with van der Waals surface area (Å²) in [4.78, 5) is 2.42. The highest BCUT2D eigenvalue weighted by molar-refractivity contribution is 5.44. The molecular formula is C15H21NO2. The van der Waals surface area contributed by atoms with Crippen LogP contribution in [0.2, 0.25) is 0 Å². The smallest absolute Gasteiger partial charge is 0.127 e. The molecular weight excluding hydrogens is 226 g/mol. The van der Waals surface area contributed by atoms with Crippen molar-refractivity contribution in [3.8, 4) is 11.5 Å². The highest BCUT2D eigenvalue weighted by Gasteiger charge is 2.29. The minimum Gasteiger partial charge on any atom is -0.508 e. The van der Waals surface area contributed by atoms with Crippen molar-refractivity contribution in [1.29, 1.82) is 0 Å². The van der Waals surface area contributed by atoms with Crippen LogP contribution in [0.15, 0.2) is 18.2 Å². The molecule has 0 saturated heterocycles. The zero-order valence-electron chi connectivity index (χ0n) is 10.9. The summed E-state index contributed by atoms with van der Waals surface area (Å²) in [5.41, 5.74) is 1.22. The average molecular weight is 247 g/mol. The first kappa shape index (κ1) is 11.8. The maximum absolute atomic E-state index is 9.46. The van der Waals surface area contributed by atoms with Crippen molar-refractivity contribution < 1.29 is 9.84 Å². The Morgan fingerprint density at radius 1 is 1.33 bits per heavy atom. The number of aromatic hydroxyl groups is 1. The lowest BCUT2D eigenvalue weighted by Crippen LogP contribution is -2.30. The molecule has 1 aromatic carbocycles. The van der Waals surface area contributed by atoms with Gasteiger partial charge in [0.2, 0.25) is 0 Å². The van der Waals surface area contributed by atoms with E-state index in [4.69, 9.17) is 4.74 Å². The highest BCUT2D eigenvalue weighted by Crippen LogP contribution is 2.38. The number of hydrogen-bond donors (Lipinski definition) is 1. The molecule has 1 fully saturated rings. The van der Waals surface area contributed by atoms with Crippen LogP contribution < -0.4 is 4.74 Å². The summed E-state index contributed by atoms with van der Waals surface area (Å²) in [7, 11) is 2.19. The van der Waals surface area contributed by atoms with Crippen molar-refractivity contribution >= 4 is 0 Å². The van der Waals surface area contributed by atoms with Crippen LogP contribution in [0.3, 0.4) is 0 Å². The largest absolute Gasteiger partial charge is 0.508 e. The summed E-state index contributed by atoms with van der Waals surface area (Å²) in [6, 6.07) is 5.82. The lowest BCUT2D eigenvalue weighted by atomic mass is 10.0. The lowest BCUT2D eigenvalue weighted by molar-refractivity contribution is 0.173. The number of rotatable bonds is 3. The Balaban J connectivity index is 1.70. The molecule has 3 heteroatoms. The summed E-state index contributed by atoms with van der Waals surface area (Å²) in [5.74, 6) is 1.99. The fraction of sp³-hybridized carbons (Fsp3) is 0.600. The number of phenols is 1. The molecule has 98 valence electrons. The van der Waals surface area contributed by atoms with E-state index >= 15 is 0 Å². The number of phenolic OH excluding ortho intramolecular Hbond substituents is 1. The van der Waals surface area contributed by atoms with E-state index in [9.17, 15) is 5.11 Å². The van der Waals surface area contributed by atoms with Crippen LogP contribution in [0.1, 0.15) is 37.3 Å². The summed E-state index contributed by atoms with van der Waals surface area (Å²) >= 11 is 0. The standard InChI is InChI=1S/C15H21NO2/c1-16(9-11-4-2-3-5-11)14-10-18-15-8-12(17)6-7-13(14)15/h6-8,11,14,17H,2-5,9-10H2,1H3. The van der Waals surface area contributed by atoms with E-state index in [0.29, 0.717) is 12.6 Å². The van der Waals surface area contributed by atoms with Gasteiger partial charge >= 0.3 is 0 Å². The minimum absolute atomic E-state index is 0.285. The van der Waals surface area contributed by atoms with E-state index in [1.807, 2.05) is 6.07 Å². The molecule has 18 heavy (non-hydrogen) atoms. The second-order valence-electron chi connectivity index (χ2n) is 5.64. The van der Waals surface area contributed by atoms with Gasteiger partial charge in [-0.3, -0.25) is 4.90 Å². The van der Waals surface area contributed by atoms with Crippen LogP contribution in [0, 0.1) is 5.92 Å².